The minimum atomic E-state index is -0.613. The van der Waals surface area contributed by atoms with Crippen molar-refractivity contribution < 1.29 is 18.7 Å². The number of rotatable bonds is 4. The number of ether oxygens (including phenoxy) is 2. The highest BCUT2D eigenvalue weighted by molar-refractivity contribution is 5.88. The molecule has 0 radical (unpaired) electrons. The van der Waals surface area contributed by atoms with Crippen LogP contribution in [0.1, 0.15) is 52.9 Å². The van der Waals surface area contributed by atoms with E-state index in [0.717, 1.165) is 11.1 Å². The smallest absolute Gasteiger partial charge is 0.379 e. The fraction of sp³-hybridized carbons (Fsp3) is 0.167. The molecule has 0 amide bonds. The quantitative estimate of drug-likeness (QED) is 0.497. The van der Waals surface area contributed by atoms with Crippen LogP contribution in [0.2, 0.25) is 0 Å². The summed E-state index contributed by atoms with van der Waals surface area (Å²) in [6.07, 6.45) is 1.40. The molecule has 1 aliphatic rings. The van der Waals surface area contributed by atoms with Crippen molar-refractivity contribution in [1.29, 1.82) is 5.26 Å². The average Bonchev–Trinajstić information content (AvgIpc) is 3.28. The van der Waals surface area contributed by atoms with Crippen LogP contribution in [-0.2, 0) is 0 Å². The molecule has 2 heterocycles. The Bertz CT molecular complexity index is 1150. The normalized spacial score (nSPS) is 15.3. The van der Waals surface area contributed by atoms with Crippen molar-refractivity contribution in [1.82, 2.24) is 0 Å². The molecule has 2 aromatic carbocycles. The first kappa shape index (κ1) is 19.3. The second kappa shape index (κ2) is 7.80. The lowest BCUT2D eigenvalue weighted by Crippen LogP contribution is -2.21. The van der Waals surface area contributed by atoms with Crippen LogP contribution in [0.5, 0.6) is 11.5 Å². The number of carbonyl (C=O) groups excluding carboxylic acids is 1. The molecular weight excluding hydrogens is 380 g/mol. The zero-order chi connectivity index (χ0) is 21.3. The number of nitrogens with zero attached hydrogens (tertiary/aromatic N) is 1. The maximum Gasteiger partial charge on any atom is 0.379 e. The molecule has 6 heteroatoms. The zero-order valence-electron chi connectivity index (χ0n) is 16.6. The Labute approximate surface area is 174 Å². The summed E-state index contributed by atoms with van der Waals surface area (Å²) in [6.45, 7) is 4.26. The van der Waals surface area contributed by atoms with Crippen LogP contribution in [-0.4, -0.2) is 5.97 Å². The second-order valence-corrected chi connectivity index (χ2v) is 7.31. The summed E-state index contributed by atoms with van der Waals surface area (Å²) in [7, 11) is 0. The number of esters is 1. The van der Waals surface area contributed by atoms with Gasteiger partial charge in [0.2, 0.25) is 11.6 Å². The van der Waals surface area contributed by atoms with E-state index < -0.39 is 5.97 Å². The van der Waals surface area contributed by atoms with Gasteiger partial charge in [0.25, 0.3) is 0 Å². The summed E-state index contributed by atoms with van der Waals surface area (Å²) in [6, 6.07) is 18.5. The molecule has 0 saturated heterocycles. The molecule has 0 aliphatic carbocycles. The monoisotopic (exact) mass is 400 g/mol. The lowest BCUT2D eigenvalue weighted by molar-refractivity contribution is 0.0701. The molecule has 3 aromatic rings. The van der Waals surface area contributed by atoms with Crippen LogP contribution in [0, 0.1) is 11.3 Å². The van der Waals surface area contributed by atoms with Gasteiger partial charge in [-0.1, -0.05) is 44.2 Å². The Morgan fingerprint density at radius 1 is 1.17 bits per heavy atom. The first-order valence-electron chi connectivity index (χ1n) is 9.55. The van der Waals surface area contributed by atoms with Crippen LogP contribution < -0.4 is 15.2 Å². The Kier molecular flexibility index (Phi) is 5.03. The minimum absolute atomic E-state index is 0.0393. The molecule has 1 aromatic heterocycles. The van der Waals surface area contributed by atoms with Crippen LogP contribution in [0.3, 0.4) is 0 Å². The molecule has 1 atom stereocenters. The molecule has 0 saturated carbocycles. The number of nitriles is 1. The van der Waals surface area contributed by atoms with Crippen molar-refractivity contribution in [3.8, 4) is 17.6 Å². The summed E-state index contributed by atoms with van der Waals surface area (Å²) in [5, 5.41) is 9.69. The van der Waals surface area contributed by atoms with Gasteiger partial charge in [-0.05, 0) is 35.2 Å². The Morgan fingerprint density at radius 2 is 1.93 bits per heavy atom. The summed E-state index contributed by atoms with van der Waals surface area (Å²) in [4.78, 5) is 12.1. The predicted molar refractivity (Wildman–Crippen MR) is 110 cm³/mol. The number of nitrogens with two attached hydrogens (primary N) is 1. The van der Waals surface area contributed by atoms with Gasteiger partial charge < -0.3 is 19.6 Å². The third kappa shape index (κ3) is 3.53. The van der Waals surface area contributed by atoms with E-state index in [4.69, 9.17) is 19.6 Å². The maximum absolute atomic E-state index is 12.1. The molecule has 30 heavy (non-hydrogen) atoms. The van der Waals surface area contributed by atoms with Gasteiger partial charge in [-0.15, -0.1) is 0 Å². The molecule has 0 fully saturated rings. The van der Waals surface area contributed by atoms with Crippen molar-refractivity contribution in [3.05, 3.63) is 94.8 Å². The van der Waals surface area contributed by atoms with Crippen molar-refractivity contribution in [2.24, 2.45) is 5.73 Å². The van der Waals surface area contributed by atoms with E-state index in [-0.39, 0.29) is 23.3 Å². The number of benzene rings is 2. The maximum atomic E-state index is 12.1. The predicted octanol–water partition coefficient (Wildman–Crippen LogP) is 4.84. The topological polar surface area (TPSA) is 98.5 Å². The third-order valence-electron chi connectivity index (χ3n) is 5.06. The third-order valence-corrected chi connectivity index (χ3v) is 5.06. The van der Waals surface area contributed by atoms with Crippen molar-refractivity contribution in [2.75, 3.05) is 0 Å². The van der Waals surface area contributed by atoms with Crippen LogP contribution >= 0.6 is 0 Å². The van der Waals surface area contributed by atoms with Crippen LogP contribution in [0.15, 0.2) is 76.7 Å². The molecule has 150 valence electrons. The van der Waals surface area contributed by atoms with E-state index in [1.54, 1.807) is 24.3 Å². The highest BCUT2D eigenvalue weighted by Crippen LogP contribution is 2.43. The summed E-state index contributed by atoms with van der Waals surface area (Å²) < 4.78 is 16.1. The number of hydrogen-bond donors (Lipinski definition) is 1. The number of hydrogen-bond acceptors (Lipinski definition) is 6. The summed E-state index contributed by atoms with van der Waals surface area (Å²) >= 11 is 0. The van der Waals surface area contributed by atoms with Gasteiger partial charge in [0.1, 0.15) is 23.1 Å². The van der Waals surface area contributed by atoms with Gasteiger partial charge >= 0.3 is 5.97 Å². The van der Waals surface area contributed by atoms with E-state index in [9.17, 15) is 10.1 Å². The SMILES string of the molecule is CC(C)c1ccc(C2C(C#N)=C(N)Oc3cc(OC(=O)c4ccco4)ccc32)cc1. The van der Waals surface area contributed by atoms with Crippen LogP contribution in [0.4, 0.5) is 0 Å². The fourth-order valence-corrected chi connectivity index (χ4v) is 3.47. The molecule has 6 nitrogen and oxygen atoms in total. The van der Waals surface area contributed by atoms with Crippen LogP contribution in [0.25, 0.3) is 0 Å². The molecule has 1 aliphatic heterocycles. The molecule has 4 rings (SSSR count). The Balaban J connectivity index is 1.70. The number of carbonyl (C=O) groups is 1. The van der Waals surface area contributed by atoms with Gasteiger partial charge in [-0.2, -0.15) is 5.26 Å². The number of allylic oxidation sites excluding steroid dienone is 1. The Morgan fingerprint density at radius 3 is 2.57 bits per heavy atom. The van der Waals surface area contributed by atoms with Gasteiger partial charge in [0.15, 0.2) is 0 Å². The minimum Gasteiger partial charge on any atom is -0.457 e. The first-order valence-corrected chi connectivity index (χ1v) is 9.55. The van der Waals surface area contributed by atoms with E-state index in [1.807, 2.05) is 12.1 Å². The molecule has 2 N–H and O–H groups in total. The first-order chi connectivity index (χ1) is 14.5. The lowest BCUT2D eigenvalue weighted by Gasteiger charge is -2.27. The van der Waals surface area contributed by atoms with Gasteiger partial charge in [0, 0.05) is 11.6 Å². The standard InChI is InChI=1S/C24H20N2O4/c1-14(2)15-5-7-16(8-6-15)22-18-10-9-17(29-24(27)20-4-3-11-28-20)12-21(18)30-23(26)19(22)13-25/h3-12,14,22H,26H2,1-2H3. The van der Waals surface area contributed by atoms with E-state index >= 15 is 0 Å². The molecule has 1 unspecified atom stereocenters. The van der Waals surface area contributed by atoms with Gasteiger partial charge in [-0.25, -0.2) is 4.79 Å². The average molecular weight is 400 g/mol. The van der Waals surface area contributed by atoms with E-state index in [2.05, 4.69) is 32.0 Å². The van der Waals surface area contributed by atoms with Crippen molar-refractivity contribution in [3.63, 3.8) is 0 Å². The van der Waals surface area contributed by atoms with Crippen molar-refractivity contribution in [2.45, 2.75) is 25.7 Å². The molecule has 0 spiro atoms. The summed E-state index contributed by atoms with van der Waals surface area (Å²) in [5.41, 5.74) is 9.32. The van der Waals surface area contributed by atoms with E-state index in [1.165, 1.54) is 17.9 Å². The largest absolute Gasteiger partial charge is 0.457 e. The number of furan rings is 1. The molecular formula is C24H20N2O4. The lowest BCUT2D eigenvalue weighted by atomic mass is 9.83. The highest BCUT2D eigenvalue weighted by atomic mass is 16.5. The van der Waals surface area contributed by atoms with E-state index in [0.29, 0.717) is 17.2 Å². The zero-order valence-corrected chi connectivity index (χ0v) is 16.6. The fourth-order valence-electron chi connectivity index (χ4n) is 3.47. The summed E-state index contributed by atoms with van der Waals surface area (Å²) in [5.74, 6) is 0.294. The second-order valence-electron chi connectivity index (χ2n) is 7.31. The van der Waals surface area contributed by atoms with Gasteiger partial charge in [-0.3, -0.25) is 0 Å². The van der Waals surface area contributed by atoms with Crippen molar-refractivity contribution >= 4 is 5.97 Å². The van der Waals surface area contributed by atoms with Gasteiger partial charge in [0.05, 0.1) is 12.2 Å². The Hall–Kier alpha value is -3.98. The highest BCUT2D eigenvalue weighted by Gasteiger charge is 2.31. The number of fused-ring (bicyclic) bond motifs is 1. The molecule has 0 bridgehead atoms.